The highest BCUT2D eigenvalue weighted by Gasteiger charge is 2.02. The maximum atomic E-state index is 12.7. The molecule has 0 aromatic heterocycles. The number of halogens is 1. The molecular formula is C9H8FNS. The second-order valence-electron chi connectivity index (χ2n) is 2.45. The van der Waals surface area contributed by atoms with E-state index in [0.29, 0.717) is 0 Å². The summed E-state index contributed by atoms with van der Waals surface area (Å²) in [5.41, 5.74) is 0.812. The van der Waals surface area contributed by atoms with Crippen LogP contribution in [0.2, 0.25) is 0 Å². The molecule has 12 heavy (non-hydrogen) atoms. The van der Waals surface area contributed by atoms with Crippen LogP contribution >= 0.6 is 12.2 Å². The van der Waals surface area contributed by atoms with Gasteiger partial charge in [-0.15, -0.1) is 0 Å². The van der Waals surface area contributed by atoms with Crippen LogP contribution in [0.4, 0.5) is 4.39 Å². The molecule has 0 aliphatic rings. The van der Waals surface area contributed by atoms with Crippen molar-refractivity contribution in [3.63, 3.8) is 0 Å². The van der Waals surface area contributed by atoms with Gasteiger partial charge in [0.1, 0.15) is 5.82 Å². The number of hydrogen-bond donors (Lipinski definition) is 0. The molecule has 1 aromatic carbocycles. The molecule has 0 N–H and O–H groups in total. The smallest absolute Gasteiger partial charge is 0.123 e. The summed E-state index contributed by atoms with van der Waals surface area (Å²) in [6, 6.07) is 6.19. The average Bonchev–Trinajstić information content (AvgIpc) is 2.05. The SMILES string of the molecule is CC(N=C=S)c1cccc(F)c1. The molecule has 1 atom stereocenters. The highest BCUT2D eigenvalue weighted by atomic mass is 32.1. The Morgan fingerprint density at radius 2 is 2.33 bits per heavy atom. The first kappa shape index (κ1) is 9.04. The van der Waals surface area contributed by atoms with E-state index in [4.69, 9.17) is 0 Å². The van der Waals surface area contributed by atoms with Crippen LogP contribution in [0.1, 0.15) is 18.5 Å². The lowest BCUT2D eigenvalue weighted by Gasteiger charge is -2.03. The molecule has 1 nitrogen and oxygen atoms in total. The Kier molecular flexibility index (Phi) is 3.09. The predicted molar refractivity (Wildman–Crippen MR) is 49.8 cm³/mol. The molecule has 0 aliphatic heterocycles. The van der Waals surface area contributed by atoms with Gasteiger partial charge in [0.2, 0.25) is 0 Å². The fourth-order valence-electron chi connectivity index (χ4n) is 0.920. The van der Waals surface area contributed by atoms with Crippen LogP contribution in [-0.2, 0) is 0 Å². The number of thiocarbonyl (C=S) groups is 1. The summed E-state index contributed by atoms with van der Waals surface area (Å²) in [5, 5.41) is 2.27. The molecular weight excluding hydrogens is 173 g/mol. The Balaban J connectivity index is 2.94. The van der Waals surface area contributed by atoms with Gasteiger partial charge in [-0.2, -0.15) is 0 Å². The van der Waals surface area contributed by atoms with E-state index >= 15 is 0 Å². The van der Waals surface area contributed by atoms with Crippen LogP contribution in [-0.4, -0.2) is 5.16 Å². The maximum absolute atomic E-state index is 12.7. The molecule has 0 saturated carbocycles. The third kappa shape index (κ3) is 2.22. The monoisotopic (exact) mass is 181 g/mol. The molecule has 0 fully saturated rings. The first-order valence-electron chi connectivity index (χ1n) is 3.56. The van der Waals surface area contributed by atoms with Crippen LogP contribution in [0.5, 0.6) is 0 Å². The predicted octanol–water partition coefficient (Wildman–Crippen LogP) is 2.99. The molecule has 3 heteroatoms. The maximum Gasteiger partial charge on any atom is 0.123 e. The van der Waals surface area contributed by atoms with Crippen LogP contribution in [0.3, 0.4) is 0 Å². The van der Waals surface area contributed by atoms with Gasteiger partial charge in [0.25, 0.3) is 0 Å². The lowest BCUT2D eigenvalue weighted by molar-refractivity contribution is 0.622. The topological polar surface area (TPSA) is 12.4 Å². The third-order valence-electron chi connectivity index (χ3n) is 1.58. The van der Waals surface area contributed by atoms with E-state index in [9.17, 15) is 4.39 Å². The van der Waals surface area contributed by atoms with Gasteiger partial charge in [0, 0.05) is 0 Å². The summed E-state index contributed by atoms with van der Waals surface area (Å²) in [4.78, 5) is 3.83. The lowest BCUT2D eigenvalue weighted by atomic mass is 10.1. The Morgan fingerprint density at radius 1 is 1.58 bits per heavy atom. The van der Waals surface area contributed by atoms with E-state index in [1.54, 1.807) is 6.07 Å². The van der Waals surface area contributed by atoms with E-state index in [-0.39, 0.29) is 11.9 Å². The van der Waals surface area contributed by atoms with Gasteiger partial charge in [0.05, 0.1) is 11.2 Å². The average molecular weight is 181 g/mol. The fraction of sp³-hybridized carbons (Fsp3) is 0.222. The van der Waals surface area contributed by atoms with E-state index in [1.807, 2.05) is 13.0 Å². The standard InChI is InChI=1S/C9H8FNS/c1-7(11-6-12)8-3-2-4-9(10)5-8/h2-5,7H,1H3. The Hall–Kier alpha value is -1.05. The molecule has 0 aliphatic carbocycles. The Morgan fingerprint density at radius 3 is 2.92 bits per heavy atom. The van der Waals surface area contributed by atoms with Crippen molar-refractivity contribution in [1.29, 1.82) is 0 Å². The Labute approximate surface area is 75.9 Å². The number of nitrogens with zero attached hydrogens (tertiary/aromatic N) is 1. The minimum atomic E-state index is -0.251. The molecule has 62 valence electrons. The molecule has 0 heterocycles. The number of benzene rings is 1. The highest BCUT2D eigenvalue weighted by Crippen LogP contribution is 2.16. The number of rotatable bonds is 2. The molecule has 1 rings (SSSR count). The first-order valence-corrected chi connectivity index (χ1v) is 3.97. The molecule has 1 aromatic rings. The molecule has 0 bridgehead atoms. The van der Waals surface area contributed by atoms with Crippen LogP contribution in [0, 0.1) is 5.82 Å². The molecule has 0 spiro atoms. The van der Waals surface area contributed by atoms with Gasteiger partial charge in [-0.3, -0.25) is 0 Å². The van der Waals surface area contributed by atoms with Crippen molar-refractivity contribution < 1.29 is 4.39 Å². The minimum absolute atomic E-state index is 0.113. The minimum Gasteiger partial charge on any atom is -0.225 e. The van der Waals surface area contributed by atoms with Crippen LogP contribution < -0.4 is 0 Å². The van der Waals surface area contributed by atoms with E-state index in [1.165, 1.54) is 12.1 Å². The van der Waals surface area contributed by atoms with Crippen molar-refractivity contribution in [2.45, 2.75) is 13.0 Å². The van der Waals surface area contributed by atoms with Gasteiger partial charge >= 0.3 is 0 Å². The highest BCUT2D eigenvalue weighted by molar-refractivity contribution is 7.78. The summed E-state index contributed by atoms with van der Waals surface area (Å²) in [5.74, 6) is -0.251. The molecule has 0 saturated heterocycles. The van der Waals surface area contributed by atoms with Crippen LogP contribution in [0.15, 0.2) is 29.3 Å². The van der Waals surface area contributed by atoms with Crippen LogP contribution in [0.25, 0.3) is 0 Å². The van der Waals surface area contributed by atoms with Crippen molar-refractivity contribution in [3.8, 4) is 0 Å². The molecule has 0 amide bonds. The fourth-order valence-corrected chi connectivity index (χ4v) is 1.08. The van der Waals surface area contributed by atoms with E-state index < -0.39 is 0 Å². The molecule has 0 radical (unpaired) electrons. The normalized spacial score (nSPS) is 11.8. The summed E-state index contributed by atoms with van der Waals surface area (Å²) in [7, 11) is 0. The quantitative estimate of drug-likeness (QED) is 0.504. The summed E-state index contributed by atoms with van der Waals surface area (Å²) in [6.07, 6.45) is 0. The van der Waals surface area contributed by atoms with Crippen molar-refractivity contribution in [2.75, 3.05) is 0 Å². The number of isothiocyanates is 1. The van der Waals surface area contributed by atoms with Gasteiger partial charge in [-0.05, 0) is 36.8 Å². The van der Waals surface area contributed by atoms with Gasteiger partial charge in [-0.1, -0.05) is 12.1 Å². The zero-order chi connectivity index (χ0) is 8.97. The largest absolute Gasteiger partial charge is 0.225 e. The number of hydrogen-bond acceptors (Lipinski definition) is 2. The number of aliphatic imine (C=N–C) groups is 1. The van der Waals surface area contributed by atoms with Crippen molar-refractivity contribution in [2.24, 2.45) is 4.99 Å². The van der Waals surface area contributed by atoms with E-state index in [2.05, 4.69) is 22.4 Å². The second kappa shape index (κ2) is 4.10. The molecule has 1 unspecified atom stereocenters. The third-order valence-corrected chi connectivity index (χ3v) is 1.68. The van der Waals surface area contributed by atoms with E-state index in [0.717, 1.165) is 5.56 Å². The zero-order valence-electron chi connectivity index (χ0n) is 6.62. The van der Waals surface area contributed by atoms with Crippen molar-refractivity contribution >= 4 is 17.4 Å². The Bertz CT molecular complexity index is 318. The van der Waals surface area contributed by atoms with Gasteiger partial charge in [0.15, 0.2) is 0 Å². The second-order valence-corrected chi connectivity index (χ2v) is 2.63. The summed E-state index contributed by atoms with van der Waals surface area (Å²) in [6.45, 7) is 1.84. The van der Waals surface area contributed by atoms with Gasteiger partial charge in [-0.25, -0.2) is 9.38 Å². The summed E-state index contributed by atoms with van der Waals surface area (Å²) >= 11 is 4.45. The van der Waals surface area contributed by atoms with Gasteiger partial charge < -0.3 is 0 Å². The van der Waals surface area contributed by atoms with Crippen molar-refractivity contribution in [3.05, 3.63) is 35.6 Å². The first-order chi connectivity index (χ1) is 5.74. The summed E-state index contributed by atoms with van der Waals surface area (Å²) < 4.78 is 12.7. The van der Waals surface area contributed by atoms with Crippen molar-refractivity contribution in [1.82, 2.24) is 0 Å². The lowest BCUT2D eigenvalue weighted by Crippen LogP contribution is -1.89. The zero-order valence-corrected chi connectivity index (χ0v) is 7.44.